The van der Waals surface area contributed by atoms with Gasteiger partial charge < -0.3 is 19.5 Å². The third-order valence-electron chi connectivity index (χ3n) is 6.04. The van der Waals surface area contributed by atoms with Crippen LogP contribution in [-0.4, -0.2) is 36.9 Å². The Morgan fingerprint density at radius 2 is 1.90 bits per heavy atom. The molecule has 1 saturated heterocycles. The van der Waals surface area contributed by atoms with Crippen LogP contribution in [0, 0.1) is 0 Å². The van der Waals surface area contributed by atoms with Crippen LogP contribution in [-0.2, 0) is 17.7 Å². The second-order valence-electron chi connectivity index (χ2n) is 9.28. The van der Waals surface area contributed by atoms with Crippen LogP contribution >= 0.6 is 0 Å². The average molecular weight is 425 g/mol. The summed E-state index contributed by atoms with van der Waals surface area (Å²) in [7, 11) is 3.32. The molecular formula is C25H32N2O4. The number of nitrogens with zero attached hydrogens (tertiary/aromatic N) is 1. The van der Waals surface area contributed by atoms with E-state index < -0.39 is 5.60 Å². The van der Waals surface area contributed by atoms with E-state index in [0.29, 0.717) is 6.54 Å². The van der Waals surface area contributed by atoms with Gasteiger partial charge in [0.2, 0.25) is 0 Å². The summed E-state index contributed by atoms with van der Waals surface area (Å²) >= 11 is 0. The largest absolute Gasteiger partial charge is 0.497 e. The molecule has 2 aromatic rings. The fraction of sp³-hybridized carbons (Fsp3) is 0.480. The van der Waals surface area contributed by atoms with Crippen LogP contribution < -0.4 is 14.8 Å². The third kappa shape index (κ3) is 4.43. The Morgan fingerprint density at radius 3 is 2.61 bits per heavy atom. The lowest BCUT2D eigenvalue weighted by molar-refractivity contribution is 0.0125. The summed E-state index contributed by atoms with van der Waals surface area (Å²) in [5, 5.41) is 3.51. The van der Waals surface area contributed by atoms with Gasteiger partial charge in [0.1, 0.15) is 17.1 Å². The molecule has 6 heteroatoms. The maximum atomic E-state index is 12.8. The number of hydrogen-bond acceptors (Lipinski definition) is 5. The van der Waals surface area contributed by atoms with Gasteiger partial charge in [0.15, 0.2) is 0 Å². The van der Waals surface area contributed by atoms with Crippen molar-refractivity contribution >= 4 is 11.8 Å². The highest BCUT2D eigenvalue weighted by Crippen LogP contribution is 2.45. The molecule has 6 nitrogen and oxygen atoms in total. The Balaban J connectivity index is 1.49. The number of anilines is 1. The van der Waals surface area contributed by atoms with Gasteiger partial charge in [0.05, 0.1) is 20.3 Å². The van der Waals surface area contributed by atoms with E-state index in [-0.39, 0.29) is 18.2 Å². The van der Waals surface area contributed by atoms with E-state index in [1.807, 2.05) is 43.9 Å². The Kier molecular flexibility index (Phi) is 5.73. The molecule has 1 N–H and O–H groups in total. The minimum absolute atomic E-state index is 0.110. The van der Waals surface area contributed by atoms with Crippen molar-refractivity contribution in [2.24, 2.45) is 0 Å². The summed E-state index contributed by atoms with van der Waals surface area (Å²) < 4.78 is 16.5. The van der Waals surface area contributed by atoms with Gasteiger partial charge in [-0.25, -0.2) is 4.79 Å². The molecule has 2 atom stereocenters. The van der Waals surface area contributed by atoms with Gasteiger partial charge in [-0.1, -0.05) is 6.07 Å². The van der Waals surface area contributed by atoms with E-state index >= 15 is 0 Å². The van der Waals surface area contributed by atoms with Crippen molar-refractivity contribution in [2.75, 3.05) is 19.5 Å². The summed E-state index contributed by atoms with van der Waals surface area (Å²) in [6, 6.07) is 12.7. The van der Waals surface area contributed by atoms with Gasteiger partial charge in [0.25, 0.3) is 0 Å². The topological polar surface area (TPSA) is 60.0 Å². The highest BCUT2D eigenvalue weighted by molar-refractivity contribution is 5.71. The van der Waals surface area contributed by atoms with Crippen molar-refractivity contribution in [3.05, 3.63) is 53.1 Å². The fourth-order valence-corrected chi connectivity index (χ4v) is 4.65. The highest BCUT2D eigenvalue weighted by atomic mass is 16.6. The second-order valence-corrected chi connectivity index (χ2v) is 9.28. The first-order valence-corrected chi connectivity index (χ1v) is 10.9. The molecular weight excluding hydrogens is 392 g/mol. The van der Waals surface area contributed by atoms with Gasteiger partial charge in [-0.3, -0.25) is 4.90 Å². The number of benzene rings is 2. The minimum Gasteiger partial charge on any atom is -0.497 e. The van der Waals surface area contributed by atoms with Crippen LogP contribution in [0.4, 0.5) is 10.5 Å². The third-order valence-corrected chi connectivity index (χ3v) is 6.04. The fourth-order valence-electron chi connectivity index (χ4n) is 4.65. The molecule has 2 aromatic carbocycles. The SMILES string of the molecule is COc1ccc(CNc2ccc3c(c2)CC2CCC3N2C(=O)OC(C)(C)C)c(OC)c1. The van der Waals surface area contributed by atoms with Gasteiger partial charge in [0, 0.05) is 29.9 Å². The molecule has 2 bridgehead atoms. The maximum absolute atomic E-state index is 12.8. The number of amides is 1. The van der Waals surface area contributed by atoms with E-state index in [9.17, 15) is 4.79 Å². The van der Waals surface area contributed by atoms with Crippen LogP contribution in [0.5, 0.6) is 11.5 Å². The molecule has 0 aliphatic carbocycles. The summed E-state index contributed by atoms with van der Waals surface area (Å²) in [6.07, 6.45) is 2.68. The average Bonchev–Trinajstić information content (AvgIpc) is 3.06. The molecule has 0 aromatic heterocycles. The van der Waals surface area contributed by atoms with Crippen LogP contribution in [0.15, 0.2) is 36.4 Å². The van der Waals surface area contributed by atoms with Crippen molar-refractivity contribution in [2.45, 2.75) is 64.3 Å². The predicted molar refractivity (Wildman–Crippen MR) is 121 cm³/mol. The van der Waals surface area contributed by atoms with Crippen LogP contribution in [0.1, 0.15) is 56.3 Å². The molecule has 0 spiro atoms. The van der Waals surface area contributed by atoms with Crippen molar-refractivity contribution in [1.29, 1.82) is 0 Å². The van der Waals surface area contributed by atoms with E-state index in [1.165, 1.54) is 11.1 Å². The number of ether oxygens (including phenoxy) is 3. The summed E-state index contributed by atoms with van der Waals surface area (Å²) in [6.45, 7) is 6.41. The van der Waals surface area contributed by atoms with Crippen LogP contribution in [0.3, 0.4) is 0 Å². The Bertz CT molecular complexity index is 966. The molecule has 4 rings (SSSR count). The number of rotatable bonds is 5. The van der Waals surface area contributed by atoms with Crippen molar-refractivity contribution in [3.8, 4) is 11.5 Å². The minimum atomic E-state index is -0.479. The Labute approximate surface area is 184 Å². The molecule has 2 unspecified atom stereocenters. The van der Waals surface area contributed by atoms with Gasteiger partial charge >= 0.3 is 6.09 Å². The zero-order chi connectivity index (χ0) is 22.2. The van der Waals surface area contributed by atoms with E-state index in [1.54, 1.807) is 14.2 Å². The number of carbonyl (C=O) groups is 1. The standard InChI is InChI=1S/C25H32N2O4/c1-25(2,3)31-24(28)27-19-8-11-22(27)21-10-7-18(12-17(21)13-19)26-15-16-6-9-20(29-4)14-23(16)30-5/h6-7,9-10,12,14,19,22,26H,8,11,13,15H2,1-5H3. The van der Waals surface area contributed by atoms with Crippen molar-refractivity contribution < 1.29 is 19.0 Å². The van der Waals surface area contributed by atoms with E-state index in [2.05, 4.69) is 23.5 Å². The molecule has 0 saturated carbocycles. The summed E-state index contributed by atoms with van der Waals surface area (Å²) in [4.78, 5) is 14.7. The molecule has 166 valence electrons. The van der Waals surface area contributed by atoms with E-state index in [0.717, 1.165) is 42.0 Å². The number of hydrogen-bond donors (Lipinski definition) is 1. The van der Waals surface area contributed by atoms with Crippen LogP contribution in [0.25, 0.3) is 0 Å². The molecule has 1 amide bonds. The maximum Gasteiger partial charge on any atom is 0.411 e. The first-order valence-electron chi connectivity index (χ1n) is 10.9. The van der Waals surface area contributed by atoms with Crippen LogP contribution in [0.2, 0.25) is 0 Å². The lowest BCUT2D eigenvalue weighted by Crippen LogP contribution is -2.44. The normalized spacial score (nSPS) is 19.6. The molecule has 2 aliphatic rings. The lowest BCUT2D eigenvalue weighted by atomic mass is 9.93. The predicted octanol–water partition coefficient (Wildman–Crippen LogP) is 5.31. The number of nitrogens with one attached hydrogen (secondary N) is 1. The molecule has 31 heavy (non-hydrogen) atoms. The molecule has 2 heterocycles. The second kappa shape index (κ2) is 8.33. The summed E-state index contributed by atoms with van der Waals surface area (Å²) in [5.41, 5.74) is 4.22. The molecule has 2 aliphatic heterocycles. The monoisotopic (exact) mass is 424 g/mol. The smallest absolute Gasteiger partial charge is 0.411 e. The zero-order valence-electron chi connectivity index (χ0n) is 19.0. The van der Waals surface area contributed by atoms with E-state index in [4.69, 9.17) is 14.2 Å². The summed E-state index contributed by atoms with van der Waals surface area (Å²) in [5.74, 6) is 1.58. The Morgan fingerprint density at radius 1 is 1.10 bits per heavy atom. The highest BCUT2D eigenvalue weighted by Gasteiger charge is 2.44. The Hall–Kier alpha value is -2.89. The number of fused-ring (bicyclic) bond motifs is 4. The first-order chi connectivity index (χ1) is 14.8. The van der Waals surface area contributed by atoms with Gasteiger partial charge in [-0.2, -0.15) is 0 Å². The lowest BCUT2D eigenvalue weighted by Gasteiger charge is -2.37. The van der Waals surface area contributed by atoms with Gasteiger partial charge in [-0.15, -0.1) is 0 Å². The quantitative estimate of drug-likeness (QED) is 0.705. The molecule has 0 radical (unpaired) electrons. The van der Waals surface area contributed by atoms with Crippen molar-refractivity contribution in [1.82, 2.24) is 4.90 Å². The van der Waals surface area contributed by atoms with Crippen molar-refractivity contribution in [3.63, 3.8) is 0 Å². The van der Waals surface area contributed by atoms with Gasteiger partial charge in [-0.05, 0) is 75.4 Å². The molecule has 1 fully saturated rings. The first kappa shape index (κ1) is 21.3. The zero-order valence-corrected chi connectivity index (χ0v) is 19.0. The number of carbonyl (C=O) groups excluding carboxylic acids is 1. The number of methoxy groups -OCH3 is 2.